The summed E-state index contributed by atoms with van der Waals surface area (Å²) in [6, 6.07) is 6.40. The Hall–Kier alpha value is -2.04. The molecule has 1 aliphatic rings. The van der Waals surface area contributed by atoms with E-state index in [1.807, 2.05) is 4.68 Å². The van der Waals surface area contributed by atoms with E-state index >= 15 is 0 Å². The number of anilines is 1. The van der Waals surface area contributed by atoms with Crippen LogP contribution in [0.1, 0.15) is 18.4 Å². The van der Waals surface area contributed by atoms with Crippen LogP contribution in [0.4, 0.5) is 5.69 Å². The quantitative estimate of drug-likeness (QED) is 0.836. The van der Waals surface area contributed by atoms with Crippen molar-refractivity contribution in [1.29, 1.82) is 0 Å². The second-order valence-electron chi connectivity index (χ2n) is 5.10. The van der Waals surface area contributed by atoms with Crippen molar-refractivity contribution in [3.8, 4) is 5.75 Å². The minimum absolute atomic E-state index is 0.919. The SMILES string of the molecule is COc1ccc2c(c1)CCCN2CCCn1cncn1. The van der Waals surface area contributed by atoms with Crippen LogP contribution in [0.15, 0.2) is 30.9 Å². The molecular weight excluding hydrogens is 252 g/mol. The lowest BCUT2D eigenvalue weighted by Crippen LogP contribution is -2.30. The summed E-state index contributed by atoms with van der Waals surface area (Å²) in [6.07, 6.45) is 6.79. The van der Waals surface area contributed by atoms with Crippen molar-refractivity contribution in [2.24, 2.45) is 0 Å². The van der Waals surface area contributed by atoms with E-state index in [1.165, 1.54) is 17.7 Å². The number of methoxy groups -OCH3 is 1. The molecule has 1 aliphatic heterocycles. The topological polar surface area (TPSA) is 43.2 Å². The molecule has 0 saturated heterocycles. The maximum atomic E-state index is 5.31. The minimum Gasteiger partial charge on any atom is -0.497 e. The average Bonchev–Trinajstić information content (AvgIpc) is 3.00. The number of rotatable bonds is 5. The van der Waals surface area contributed by atoms with Crippen molar-refractivity contribution in [3.63, 3.8) is 0 Å². The Balaban J connectivity index is 1.64. The summed E-state index contributed by atoms with van der Waals surface area (Å²) in [5, 5.41) is 4.14. The lowest BCUT2D eigenvalue weighted by atomic mass is 10.0. The van der Waals surface area contributed by atoms with Crippen LogP contribution in [-0.4, -0.2) is 35.0 Å². The fraction of sp³-hybridized carbons (Fsp3) is 0.467. The first-order valence-corrected chi connectivity index (χ1v) is 7.11. The second-order valence-corrected chi connectivity index (χ2v) is 5.10. The Morgan fingerprint density at radius 2 is 2.25 bits per heavy atom. The van der Waals surface area contributed by atoms with Crippen molar-refractivity contribution in [2.45, 2.75) is 25.8 Å². The van der Waals surface area contributed by atoms with Gasteiger partial charge in [0, 0.05) is 25.3 Å². The summed E-state index contributed by atoms with van der Waals surface area (Å²) < 4.78 is 7.20. The Morgan fingerprint density at radius 1 is 1.30 bits per heavy atom. The lowest BCUT2D eigenvalue weighted by molar-refractivity contribution is 0.414. The van der Waals surface area contributed by atoms with Gasteiger partial charge in [-0.1, -0.05) is 0 Å². The number of ether oxygens (including phenoxy) is 1. The molecule has 0 aliphatic carbocycles. The highest BCUT2D eigenvalue weighted by molar-refractivity contribution is 5.58. The maximum absolute atomic E-state index is 5.31. The van der Waals surface area contributed by atoms with Gasteiger partial charge in [-0.25, -0.2) is 4.98 Å². The summed E-state index contributed by atoms with van der Waals surface area (Å²) in [5.41, 5.74) is 2.76. The van der Waals surface area contributed by atoms with Crippen LogP contribution in [0.25, 0.3) is 0 Å². The molecule has 1 aromatic carbocycles. The summed E-state index contributed by atoms with van der Waals surface area (Å²) in [6.45, 7) is 3.11. The van der Waals surface area contributed by atoms with E-state index in [2.05, 4.69) is 33.2 Å². The molecule has 0 amide bonds. The van der Waals surface area contributed by atoms with Gasteiger partial charge in [0.25, 0.3) is 0 Å². The lowest BCUT2D eigenvalue weighted by Gasteiger charge is -2.31. The van der Waals surface area contributed by atoms with Gasteiger partial charge in [-0.15, -0.1) is 0 Å². The molecule has 1 aromatic heterocycles. The Morgan fingerprint density at radius 3 is 3.05 bits per heavy atom. The van der Waals surface area contributed by atoms with Crippen LogP contribution in [-0.2, 0) is 13.0 Å². The predicted octanol–water partition coefficient (Wildman–Crippen LogP) is 2.13. The zero-order chi connectivity index (χ0) is 13.8. The molecule has 5 heteroatoms. The molecule has 5 nitrogen and oxygen atoms in total. The zero-order valence-corrected chi connectivity index (χ0v) is 11.8. The van der Waals surface area contributed by atoms with Crippen LogP contribution < -0.4 is 9.64 Å². The minimum atomic E-state index is 0.919. The number of nitrogens with zero attached hydrogens (tertiary/aromatic N) is 4. The van der Waals surface area contributed by atoms with Crippen LogP contribution in [0.3, 0.4) is 0 Å². The average molecular weight is 272 g/mol. The van der Waals surface area contributed by atoms with Crippen molar-refractivity contribution in [1.82, 2.24) is 14.8 Å². The molecule has 106 valence electrons. The molecule has 0 fully saturated rings. The first kappa shape index (κ1) is 13.0. The number of aryl methyl sites for hydroxylation is 2. The first-order chi connectivity index (χ1) is 9.86. The van der Waals surface area contributed by atoms with Crippen LogP contribution in [0.2, 0.25) is 0 Å². The number of hydrogen-bond acceptors (Lipinski definition) is 4. The van der Waals surface area contributed by atoms with Crippen molar-refractivity contribution in [3.05, 3.63) is 36.4 Å². The highest BCUT2D eigenvalue weighted by Crippen LogP contribution is 2.30. The van der Waals surface area contributed by atoms with Crippen LogP contribution in [0, 0.1) is 0 Å². The third-order valence-electron chi connectivity index (χ3n) is 3.78. The van der Waals surface area contributed by atoms with Gasteiger partial charge in [0.1, 0.15) is 18.4 Å². The molecule has 0 unspecified atom stereocenters. The van der Waals surface area contributed by atoms with Gasteiger partial charge in [-0.05, 0) is 43.0 Å². The summed E-state index contributed by atoms with van der Waals surface area (Å²) in [4.78, 5) is 6.43. The van der Waals surface area contributed by atoms with E-state index in [1.54, 1.807) is 19.8 Å². The van der Waals surface area contributed by atoms with E-state index in [-0.39, 0.29) is 0 Å². The van der Waals surface area contributed by atoms with Gasteiger partial charge in [-0.2, -0.15) is 5.10 Å². The molecule has 0 radical (unpaired) electrons. The molecule has 3 rings (SSSR count). The summed E-state index contributed by atoms with van der Waals surface area (Å²) in [5.74, 6) is 0.952. The van der Waals surface area contributed by atoms with Crippen LogP contribution in [0.5, 0.6) is 5.75 Å². The van der Waals surface area contributed by atoms with E-state index in [4.69, 9.17) is 4.74 Å². The third kappa shape index (κ3) is 2.76. The maximum Gasteiger partial charge on any atom is 0.137 e. The predicted molar refractivity (Wildman–Crippen MR) is 78.2 cm³/mol. The highest BCUT2D eigenvalue weighted by Gasteiger charge is 2.16. The Labute approximate surface area is 119 Å². The van der Waals surface area contributed by atoms with E-state index in [0.717, 1.165) is 38.2 Å². The molecule has 0 atom stereocenters. The van der Waals surface area contributed by atoms with Crippen molar-refractivity contribution >= 4 is 5.69 Å². The molecular formula is C15H20N4O. The molecule has 0 spiro atoms. The zero-order valence-electron chi connectivity index (χ0n) is 11.8. The smallest absolute Gasteiger partial charge is 0.137 e. The fourth-order valence-corrected chi connectivity index (χ4v) is 2.78. The van der Waals surface area contributed by atoms with E-state index in [9.17, 15) is 0 Å². The third-order valence-corrected chi connectivity index (χ3v) is 3.78. The van der Waals surface area contributed by atoms with Gasteiger partial charge in [0.05, 0.1) is 7.11 Å². The van der Waals surface area contributed by atoms with Gasteiger partial charge in [-0.3, -0.25) is 4.68 Å². The van der Waals surface area contributed by atoms with Gasteiger partial charge >= 0.3 is 0 Å². The second kappa shape index (κ2) is 5.94. The van der Waals surface area contributed by atoms with Gasteiger partial charge in [0.2, 0.25) is 0 Å². The molecule has 2 heterocycles. The molecule has 0 N–H and O–H groups in total. The van der Waals surface area contributed by atoms with Crippen LogP contribution >= 0.6 is 0 Å². The molecule has 0 saturated carbocycles. The number of benzene rings is 1. The standard InChI is InChI=1S/C15H20N4O/c1-20-14-5-6-15-13(10-14)4-2-7-18(15)8-3-9-19-12-16-11-17-19/h5-6,10-12H,2-4,7-9H2,1H3. The fourth-order valence-electron chi connectivity index (χ4n) is 2.78. The Kier molecular flexibility index (Phi) is 3.85. The number of hydrogen-bond donors (Lipinski definition) is 0. The number of fused-ring (bicyclic) bond motifs is 1. The normalized spacial score (nSPS) is 14.2. The van der Waals surface area contributed by atoms with Gasteiger partial charge in [0.15, 0.2) is 0 Å². The highest BCUT2D eigenvalue weighted by atomic mass is 16.5. The van der Waals surface area contributed by atoms with Gasteiger partial charge < -0.3 is 9.64 Å². The molecule has 20 heavy (non-hydrogen) atoms. The molecule has 2 aromatic rings. The van der Waals surface area contributed by atoms with E-state index < -0.39 is 0 Å². The van der Waals surface area contributed by atoms with Crippen molar-refractivity contribution < 1.29 is 4.74 Å². The number of aromatic nitrogens is 3. The molecule has 0 bridgehead atoms. The van der Waals surface area contributed by atoms with Crippen molar-refractivity contribution in [2.75, 3.05) is 25.1 Å². The summed E-state index contributed by atoms with van der Waals surface area (Å²) in [7, 11) is 1.72. The monoisotopic (exact) mass is 272 g/mol. The largest absolute Gasteiger partial charge is 0.497 e. The summed E-state index contributed by atoms with van der Waals surface area (Å²) >= 11 is 0. The first-order valence-electron chi connectivity index (χ1n) is 7.11. The van der Waals surface area contributed by atoms with E-state index in [0.29, 0.717) is 0 Å². The Bertz CT molecular complexity index is 553.